The minimum atomic E-state index is -1.17. The summed E-state index contributed by atoms with van der Waals surface area (Å²) in [6.45, 7) is 0. The Labute approximate surface area is 153 Å². The number of nitrogens with zero attached hydrogens (tertiary/aromatic N) is 2. The molecule has 2 nitrogen and oxygen atoms in total. The molecule has 2 aliphatic carbocycles. The molecule has 5 rings (SSSR count). The van der Waals surface area contributed by atoms with Crippen molar-refractivity contribution in [1.29, 1.82) is 10.5 Å². The molecule has 3 aromatic rings. The van der Waals surface area contributed by atoms with Crippen LogP contribution in [0.3, 0.4) is 0 Å². The van der Waals surface area contributed by atoms with Crippen molar-refractivity contribution in [3.63, 3.8) is 0 Å². The summed E-state index contributed by atoms with van der Waals surface area (Å²) in [4.78, 5) is 0. The van der Waals surface area contributed by atoms with Crippen LogP contribution in [-0.4, -0.2) is 0 Å². The van der Waals surface area contributed by atoms with Gasteiger partial charge in [0.2, 0.25) is 0 Å². The topological polar surface area (TPSA) is 47.6 Å². The first-order valence-electron chi connectivity index (χ1n) is 8.83. The lowest BCUT2D eigenvalue weighted by Crippen LogP contribution is -2.37. The van der Waals surface area contributed by atoms with Crippen molar-refractivity contribution in [2.24, 2.45) is 0 Å². The van der Waals surface area contributed by atoms with Gasteiger partial charge in [-0.15, -0.1) is 0 Å². The van der Waals surface area contributed by atoms with Gasteiger partial charge in [-0.2, -0.15) is 10.5 Å². The van der Waals surface area contributed by atoms with Gasteiger partial charge in [-0.3, -0.25) is 0 Å². The van der Waals surface area contributed by atoms with Crippen molar-refractivity contribution in [3.05, 3.63) is 107 Å². The van der Waals surface area contributed by atoms with E-state index in [0.29, 0.717) is 0 Å². The zero-order chi connectivity index (χ0) is 17.8. The molecule has 3 unspecified atom stereocenters. The fraction of sp³-hybridized carbons (Fsp3) is 0.167. The maximum Gasteiger partial charge on any atom is 0.179 e. The number of nitriles is 2. The molecule has 0 aromatic heterocycles. The van der Waals surface area contributed by atoms with Crippen LogP contribution in [-0.2, 0) is 10.8 Å². The van der Waals surface area contributed by atoms with E-state index in [2.05, 4.69) is 42.5 Å². The van der Waals surface area contributed by atoms with E-state index in [-0.39, 0.29) is 11.8 Å². The molecule has 0 spiro atoms. The molecule has 122 valence electrons. The van der Waals surface area contributed by atoms with Gasteiger partial charge in [0.15, 0.2) is 5.41 Å². The minimum Gasteiger partial charge on any atom is -0.196 e. The van der Waals surface area contributed by atoms with Gasteiger partial charge in [0, 0.05) is 17.3 Å². The molecule has 0 aliphatic heterocycles. The summed E-state index contributed by atoms with van der Waals surface area (Å²) < 4.78 is 0. The fourth-order valence-electron chi connectivity index (χ4n) is 5.35. The van der Waals surface area contributed by atoms with E-state index in [4.69, 9.17) is 0 Å². The van der Waals surface area contributed by atoms with E-state index in [1.807, 2.05) is 54.6 Å². The molecular formula is C24H16N2. The molecule has 26 heavy (non-hydrogen) atoms. The Hall–Kier alpha value is -3.36. The van der Waals surface area contributed by atoms with Gasteiger partial charge in [0.05, 0.1) is 12.1 Å². The van der Waals surface area contributed by atoms with Gasteiger partial charge in [-0.25, -0.2) is 0 Å². The lowest BCUT2D eigenvalue weighted by atomic mass is 9.67. The molecular weight excluding hydrogens is 316 g/mol. The molecule has 3 atom stereocenters. The molecule has 3 aromatic carbocycles. The number of hydrogen-bond acceptors (Lipinski definition) is 2. The van der Waals surface area contributed by atoms with Crippen molar-refractivity contribution in [1.82, 2.24) is 0 Å². The average molecular weight is 332 g/mol. The van der Waals surface area contributed by atoms with Gasteiger partial charge in [-0.05, 0) is 22.3 Å². The van der Waals surface area contributed by atoms with E-state index >= 15 is 0 Å². The van der Waals surface area contributed by atoms with Crippen molar-refractivity contribution in [3.8, 4) is 12.1 Å². The third-order valence-electron chi connectivity index (χ3n) is 6.27. The third kappa shape index (κ3) is 1.51. The van der Waals surface area contributed by atoms with Gasteiger partial charge in [-0.1, -0.05) is 84.9 Å². The standard InChI is InChI=1S/C24H16N2/c25-15-23(16-26)20-14-8-7-13-19(20)22-21(17-9-3-1-4-10-17)24(22,23)18-11-5-2-6-12-18/h1-14,21-22H. The van der Waals surface area contributed by atoms with Crippen molar-refractivity contribution < 1.29 is 0 Å². The van der Waals surface area contributed by atoms with E-state index < -0.39 is 10.8 Å². The van der Waals surface area contributed by atoms with E-state index in [1.165, 1.54) is 5.56 Å². The Kier molecular flexibility index (Phi) is 2.91. The third-order valence-corrected chi connectivity index (χ3v) is 6.27. The summed E-state index contributed by atoms with van der Waals surface area (Å²) in [6.07, 6.45) is 0. The summed E-state index contributed by atoms with van der Waals surface area (Å²) in [6, 6.07) is 33.4. The normalized spacial score (nSPS) is 26.8. The van der Waals surface area contributed by atoms with Crippen LogP contribution in [0.5, 0.6) is 0 Å². The summed E-state index contributed by atoms with van der Waals surface area (Å²) in [7, 11) is 0. The van der Waals surface area contributed by atoms with Gasteiger partial charge < -0.3 is 0 Å². The quantitative estimate of drug-likeness (QED) is 0.676. The highest BCUT2D eigenvalue weighted by Gasteiger charge is 2.81. The second kappa shape index (κ2) is 5.07. The molecule has 2 heteroatoms. The molecule has 0 radical (unpaired) electrons. The highest BCUT2D eigenvalue weighted by Crippen LogP contribution is 2.82. The van der Waals surface area contributed by atoms with E-state index in [1.54, 1.807) is 0 Å². The van der Waals surface area contributed by atoms with Crippen LogP contribution in [0.1, 0.15) is 34.1 Å². The predicted octanol–water partition coefficient (Wildman–Crippen LogP) is 4.80. The summed E-state index contributed by atoms with van der Waals surface area (Å²) in [5, 5.41) is 20.6. The van der Waals surface area contributed by atoms with Crippen LogP contribution in [0, 0.1) is 22.7 Å². The predicted molar refractivity (Wildman–Crippen MR) is 99.4 cm³/mol. The maximum absolute atomic E-state index is 10.3. The first kappa shape index (κ1) is 14.9. The second-order valence-corrected chi connectivity index (χ2v) is 7.16. The van der Waals surface area contributed by atoms with E-state index in [0.717, 1.165) is 16.7 Å². The maximum atomic E-state index is 10.3. The number of fused-ring (bicyclic) bond motifs is 3. The van der Waals surface area contributed by atoms with Crippen molar-refractivity contribution >= 4 is 0 Å². The average Bonchev–Trinajstić information content (AvgIpc) is 3.36. The zero-order valence-electron chi connectivity index (χ0n) is 14.1. The number of hydrogen-bond donors (Lipinski definition) is 0. The largest absolute Gasteiger partial charge is 0.196 e. The van der Waals surface area contributed by atoms with E-state index in [9.17, 15) is 10.5 Å². The summed E-state index contributed by atoms with van der Waals surface area (Å²) in [5.41, 5.74) is 2.61. The molecule has 0 amide bonds. The van der Waals surface area contributed by atoms with Crippen LogP contribution in [0.15, 0.2) is 84.9 Å². The van der Waals surface area contributed by atoms with Gasteiger partial charge >= 0.3 is 0 Å². The highest BCUT2D eigenvalue weighted by molar-refractivity contribution is 5.72. The van der Waals surface area contributed by atoms with Crippen LogP contribution < -0.4 is 0 Å². The lowest BCUT2D eigenvalue weighted by molar-refractivity contribution is 0.514. The highest BCUT2D eigenvalue weighted by atomic mass is 14.8. The zero-order valence-corrected chi connectivity index (χ0v) is 14.1. The van der Waals surface area contributed by atoms with Crippen LogP contribution in [0.4, 0.5) is 0 Å². The van der Waals surface area contributed by atoms with Crippen LogP contribution in [0.25, 0.3) is 0 Å². The Morgan fingerprint density at radius 1 is 0.654 bits per heavy atom. The summed E-state index contributed by atoms with van der Waals surface area (Å²) >= 11 is 0. The molecule has 0 saturated heterocycles. The Morgan fingerprint density at radius 3 is 1.88 bits per heavy atom. The SMILES string of the molecule is N#CC1(C#N)c2ccccc2C2C(c3ccccc3)C21c1ccccc1. The minimum absolute atomic E-state index is 0.139. The smallest absolute Gasteiger partial charge is 0.179 e. The number of rotatable bonds is 2. The fourth-order valence-corrected chi connectivity index (χ4v) is 5.35. The first-order valence-corrected chi connectivity index (χ1v) is 8.83. The molecule has 0 bridgehead atoms. The molecule has 0 heterocycles. The Morgan fingerprint density at radius 2 is 1.23 bits per heavy atom. The molecule has 1 saturated carbocycles. The first-order chi connectivity index (χ1) is 12.8. The molecule has 1 fully saturated rings. The van der Waals surface area contributed by atoms with Gasteiger partial charge in [0.1, 0.15) is 0 Å². The van der Waals surface area contributed by atoms with Crippen molar-refractivity contribution in [2.45, 2.75) is 22.7 Å². The molecule has 0 N–H and O–H groups in total. The van der Waals surface area contributed by atoms with Crippen LogP contribution >= 0.6 is 0 Å². The van der Waals surface area contributed by atoms with Crippen LogP contribution in [0.2, 0.25) is 0 Å². The second-order valence-electron chi connectivity index (χ2n) is 7.16. The van der Waals surface area contributed by atoms with Gasteiger partial charge in [0.25, 0.3) is 0 Å². The lowest BCUT2D eigenvalue weighted by Gasteiger charge is -2.29. The Bertz CT molecular complexity index is 1050. The number of benzene rings is 3. The monoisotopic (exact) mass is 332 g/mol. The molecule has 2 aliphatic rings. The van der Waals surface area contributed by atoms with Crippen molar-refractivity contribution in [2.75, 3.05) is 0 Å². The Balaban J connectivity index is 1.86. The summed E-state index contributed by atoms with van der Waals surface area (Å²) in [5.74, 6) is 0.295.